The summed E-state index contributed by atoms with van der Waals surface area (Å²) in [4.78, 5) is 2.14. The van der Waals surface area contributed by atoms with Gasteiger partial charge in [-0.3, -0.25) is 4.90 Å². The maximum atomic E-state index is 12.5. The first-order valence-electron chi connectivity index (χ1n) is 6.60. The zero-order valence-corrected chi connectivity index (χ0v) is 11.7. The number of nitrogens with two attached hydrogens (primary N) is 1. The second kappa shape index (κ2) is 6.37. The first-order chi connectivity index (χ1) is 9.51. The molecule has 1 saturated heterocycles. The van der Waals surface area contributed by atoms with Crippen molar-refractivity contribution in [3.63, 3.8) is 0 Å². The van der Waals surface area contributed by atoms with Crippen LogP contribution in [0, 0.1) is 5.92 Å². The van der Waals surface area contributed by atoms with Gasteiger partial charge < -0.3 is 15.2 Å². The molecule has 2 rings (SSSR count). The van der Waals surface area contributed by atoms with Gasteiger partial charge in [0.1, 0.15) is 0 Å². The topological polar surface area (TPSA) is 47.7 Å². The predicted octanol–water partition coefficient (Wildman–Crippen LogP) is 2.08. The SMILES string of the molecule is COc1cccc(CN2CC(C)C(N)C2)c1OC(F)F. The third-order valence-electron chi connectivity index (χ3n) is 3.63. The van der Waals surface area contributed by atoms with Gasteiger partial charge in [-0.15, -0.1) is 0 Å². The minimum Gasteiger partial charge on any atom is -0.493 e. The van der Waals surface area contributed by atoms with Crippen molar-refractivity contribution in [3.8, 4) is 11.5 Å². The third kappa shape index (κ3) is 3.37. The van der Waals surface area contributed by atoms with Gasteiger partial charge in [0.15, 0.2) is 11.5 Å². The second-order valence-electron chi connectivity index (χ2n) is 5.16. The Morgan fingerprint density at radius 3 is 2.70 bits per heavy atom. The lowest BCUT2D eigenvalue weighted by atomic mass is 10.1. The lowest BCUT2D eigenvalue weighted by molar-refractivity contribution is -0.0521. The third-order valence-corrected chi connectivity index (χ3v) is 3.63. The van der Waals surface area contributed by atoms with Gasteiger partial charge in [0.25, 0.3) is 0 Å². The molecule has 6 heteroatoms. The number of alkyl halides is 2. The zero-order valence-electron chi connectivity index (χ0n) is 11.7. The highest BCUT2D eigenvalue weighted by Gasteiger charge is 2.27. The summed E-state index contributed by atoms with van der Waals surface area (Å²) in [5, 5.41) is 0. The number of benzene rings is 1. The molecular weight excluding hydrogens is 266 g/mol. The molecule has 1 aromatic rings. The lowest BCUT2D eigenvalue weighted by Crippen LogP contribution is -2.28. The lowest BCUT2D eigenvalue weighted by Gasteiger charge is -2.19. The maximum absolute atomic E-state index is 12.5. The summed E-state index contributed by atoms with van der Waals surface area (Å²) in [6.45, 7) is 1.35. The van der Waals surface area contributed by atoms with Crippen LogP contribution >= 0.6 is 0 Å². The van der Waals surface area contributed by atoms with Crippen LogP contribution in [0.4, 0.5) is 8.78 Å². The normalized spacial score (nSPS) is 23.3. The summed E-state index contributed by atoms with van der Waals surface area (Å²) in [7, 11) is 1.44. The Kier molecular flexibility index (Phi) is 4.77. The maximum Gasteiger partial charge on any atom is 0.387 e. The van der Waals surface area contributed by atoms with Gasteiger partial charge in [-0.05, 0) is 12.0 Å². The smallest absolute Gasteiger partial charge is 0.387 e. The van der Waals surface area contributed by atoms with Crippen LogP contribution in [0.25, 0.3) is 0 Å². The molecule has 1 fully saturated rings. The van der Waals surface area contributed by atoms with E-state index in [1.54, 1.807) is 18.2 Å². The molecule has 4 nitrogen and oxygen atoms in total. The van der Waals surface area contributed by atoms with E-state index in [2.05, 4.69) is 16.6 Å². The number of likely N-dealkylation sites (tertiary alicyclic amines) is 1. The number of nitrogens with zero attached hydrogens (tertiary/aromatic N) is 1. The van der Waals surface area contributed by atoms with Crippen molar-refractivity contribution in [3.05, 3.63) is 23.8 Å². The Bertz CT molecular complexity index is 447. The Hall–Kier alpha value is -1.40. The first kappa shape index (κ1) is 15.0. The van der Waals surface area contributed by atoms with Crippen molar-refractivity contribution in [1.82, 2.24) is 4.90 Å². The van der Waals surface area contributed by atoms with Crippen LogP contribution < -0.4 is 15.2 Å². The molecule has 2 atom stereocenters. The fourth-order valence-corrected chi connectivity index (χ4v) is 2.53. The molecule has 20 heavy (non-hydrogen) atoms. The Morgan fingerprint density at radius 2 is 2.15 bits per heavy atom. The first-order valence-corrected chi connectivity index (χ1v) is 6.60. The summed E-state index contributed by atoms with van der Waals surface area (Å²) in [6, 6.07) is 5.28. The van der Waals surface area contributed by atoms with Gasteiger partial charge >= 0.3 is 6.61 Å². The van der Waals surface area contributed by atoms with Crippen molar-refractivity contribution >= 4 is 0 Å². The van der Waals surface area contributed by atoms with E-state index in [4.69, 9.17) is 10.5 Å². The molecule has 0 saturated carbocycles. The van der Waals surface area contributed by atoms with Crippen LogP contribution in [0.1, 0.15) is 12.5 Å². The van der Waals surface area contributed by atoms with Gasteiger partial charge in [0.2, 0.25) is 0 Å². The van der Waals surface area contributed by atoms with Crippen molar-refractivity contribution in [2.75, 3.05) is 20.2 Å². The summed E-state index contributed by atoms with van der Waals surface area (Å²) in [6.07, 6.45) is 0. The van der Waals surface area contributed by atoms with Crippen LogP contribution in [0.3, 0.4) is 0 Å². The highest BCUT2D eigenvalue weighted by atomic mass is 19.3. The van der Waals surface area contributed by atoms with E-state index in [9.17, 15) is 8.78 Å². The number of hydrogen-bond donors (Lipinski definition) is 1. The number of halogens is 2. The molecule has 1 aromatic carbocycles. The summed E-state index contributed by atoms with van der Waals surface area (Å²) in [5.74, 6) is 0.831. The van der Waals surface area contributed by atoms with Gasteiger partial charge in [-0.25, -0.2) is 0 Å². The van der Waals surface area contributed by atoms with E-state index in [1.807, 2.05) is 0 Å². The van der Waals surface area contributed by atoms with Crippen LogP contribution in [0.2, 0.25) is 0 Å². The highest BCUT2D eigenvalue weighted by molar-refractivity contribution is 5.46. The van der Waals surface area contributed by atoms with Crippen molar-refractivity contribution in [1.29, 1.82) is 0 Å². The molecule has 2 unspecified atom stereocenters. The number of rotatable bonds is 5. The van der Waals surface area contributed by atoms with Crippen molar-refractivity contribution in [2.45, 2.75) is 26.1 Å². The molecular formula is C14H20F2N2O2. The highest BCUT2D eigenvalue weighted by Crippen LogP contribution is 2.34. The largest absolute Gasteiger partial charge is 0.493 e. The van der Waals surface area contributed by atoms with Gasteiger partial charge in [0, 0.05) is 31.2 Å². The molecule has 1 aliphatic rings. The average Bonchev–Trinajstić information content (AvgIpc) is 2.70. The summed E-state index contributed by atoms with van der Waals surface area (Å²) < 4.78 is 34.8. The quantitative estimate of drug-likeness (QED) is 0.900. The molecule has 1 aliphatic heterocycles. The van der Waals surface area contributed by atoms with Crippen LogP contribution in [-0.2, 0) is 6.54 Å². The molecule has 0 radical (unpaired) electrons. The second-order valence-corrected chi connectivity index (χ2v) is 5.16. The monoisotopic (exact) mass is 286 g/mol. The number of para-hydroxylation sites is 1. The van der Waals surface area contributed by atoms with Crippen molar-refractivity contribution < 1.29 is 18.3 Å². The van der Waals surface area contributed by atoms with E-state index in [0.717, 1.165) is 13.1 Å². The number of methoxy groups -OCH3 is 1. The molecule has 0 bridgehead atoms. The average molecular weight is 286 g/mol. The Balaban J connectivity index is 2.18. The fourth-order valence-electron chi connectivity index (χ4n) is 2.53. The Morgan fingerprint density at radius 1 is 1.40 bits per heavy atom. The van der Waals surface area contributed by atoms with E-state index in [0.29, 0.717) is 23.8 Å². The molecule has 112 valence electrons. The van der Waals surface area contributed by atoms with Gasteiger partial charge in [-0.1, -0.05) is 19.1 Å². The molecule has 0 aliphatic carbocycles. The molecule has 1 heterocycles. The molecule has 2 N–H and O–H groups in total. The molecule has 0 spiro atoms. The molecule has 0 aromatic heterocycles. The minimum absolute atomic E-state index is 0.109. The van der Waals surface area contributed by atoms with E-state index < -0.39 is 6.61 Å². The number of hydrogen-bond acceptors (Lipinski definition) is 4. The van der Waals surface area contributed by atoms with Crippen molar-refractivity contribution in [2.24, 2.45) is 11.7 Å². The van der Waals surface area contributed by atoms with Gasteiger partial charge in [0.05, 0.1) is 7.11 Å². The van der Waals surface area contributed by atoms with Crippen LogP contribution in [0.5, 0.6) is 11.5 Å². The predicted molar refractivity (Wildman–Crippen MR) is 72.0 cm³/mol. The van der Waals surface area contributed by atoms with E-state index >= 15 is 0 Å². The van der Waals surface area contributed by atoms with Gasteiger partial charge in [-0.2, -0.15) is 8.78 Å². The van der Waals surface area contributed by atoms with E-state index in [1.165, 1.54) is 7.11 Å². The Labute approximate surface area is 117 Å². The minimum atomic E-state index is -2.87. The van der Waals surface area contributed by atoms with Crippen LogP contribution in [0.15, 0.2) is 18.2 Å². The van der Waals surface area contributed by atoms with Crippen LogP contribution in [-0.4, -0.2) is 37.8 Å². The fraction of sp³-hybridized carbons (Fsp3) is 0.571. The summed E-state index contributed by atoms with van der Waals surface area (Å²) >= 11 is 0. The standard InChI is InChI=1S/C14H20F2N2O2/c1-9-6-18(8-11(9)17)7-10-4-3-5-12(19-2)13(10)20-14(15)16/h3-5,9,11,14H,6-8,17H2,1-2H3. The van der Waals surface area contributed by atoms with E-state index in [-0.39, 0.29) is 11.8 Å². The molecule has 0 amide bonds. The summed E-state index contributed by atoms with van der Waals surface area (Å²) in [5.41, 5.74) is 6.67. The zero-order chi connectivity index (χ0) is 14.7. The number of ether oxygens (including phenoxy) is 2.